The summed E-state index contributed by atoms with van der Waals surface area (Å²) < 4.78 is 29.8. The Kier molecular flexibility index (Phi) is 7.18. The second-order valence-electron chi connectivity index (χ2n) is 5.64. The quantitative estimate of drug-likeness (QED) is 0.761. The predicted molar refractivity (Wildman–Crippen MR) is 87.5 cm³/mol. The van der Waals surface area contributed by atoms with Crippen LogP contribution in [-0.2, 0) is 9.84 Å². The minimum atomic E-state index is -3.05. The van der Waals surface area contributed by atoms with Crippen molar-refractivity contribution in [1.82, 2.24) is 5.32 Å². The highest BCUT2D eigenvalue weighted by Gasteiger charge is 2.19. The number of hydrogen-bond acceptors (Lipinski definition) is 4. The van der Waals surface area contributed by atoms with Gasteiger partial charge in [0.25, 0.3) is 0 Å². The second kappa shape index (κ2) is 8.39. The second-order valence-corrected chi connectivity index (χ2v) is 7.87. The average Bonchev–Trinajstić information content (AvgIpc) is 2.44. The number of hydrogen-bond donors (Lipinski definition) is 1. The molecule has 0 aliphatic heterocycles. The lowest BCUT2D eigenvalue weighted by molar-refractivity contribution is 0.340. The highest BCUT2D eigenvalue weighted by atomic mass is 32.2. The van der Waals surface area contributed by atoms with Crippen LogP contribution in [-0.4, -0.2) is 33.6 Å². The number of rotatable bonds is 9. The number of sulfone groups is 1. The van der Waals surface area contributed by atoms with E-state index in [9.17, 15) is 8.42 Å². The summed E-state index contributed by atoms with van der Waals surface area (Å²) in [4.78, 5) is 0. The first-order valence-corrected chi connectivity index (χ1v) is 9.30. The summed E-state index contributed by atoms with van der Waals surface area (Å²) in [5.74, 6) is 1.58. The molecule has 4 nitrogen and oxygen atoms in total. The van der Waals surface area contributed by atoms with Gasteiger partial charge in [-0.05, 0) is 44.0 Å². The molecular formula is C16H27NO3S. The molecule has 1 aromatic carbocycles. The molecule has 1 unspecified atom stereocenters. The third-order valence-corrected chi connectivity index (χ3v) is 5.07. The van der Waals surface area contributed by atoms with Crippen molar-refractivity contribution in [3.05, 3.63) is 29.8 Å². The van der Waals surface area contributed by atoms with Gasteiger partial charge in [-0.15, -0.1) is 0 Å². The maximum absolute atomic E-state index is 12.2. The van der Waals surface area contributed by atoms with E-state index in [-0.39, 0.29) is 17.5 Å². The molecule has 5 heteroatoms. The van der Waals surface area contributed by atoms with Crippen molar-refractivity contribution in [3.8, 4) is 5.75 Å². The maximum Gasteiger partial charge on any atom is 0.152 e. The van der Waals surface area contributed by atoms with Crippen LogP contribution in [0.15, 0.2) is 24.3 Å². The molecule has 0 heterocycles. The molecule has 1 atom stereocenters. The van der Waals surface area contributed by atoms with Gasteiger partial charge in [0.1, 0.15) is 5.75 Å². The summed E-state index contributed by atoms with van der Waals surface area (Å²) in [6.07, 6.45) is 0.710. The third kappa shape index (κ3) is 6.48. The lowest BCUT2D eigenvalue weighted by Crippen LogP contribution is -2.27. The molecule has 0 aliphatic rings. The zero-order chi connectivity index (χ0) is 15.9. The normalized spacial score (nSPS) is 13.4. The maximum atomic E-state index is 12.2. The van der Waals surface area contributed by atoms with E-state index in [1.54, 1.807) is 7.05 Å². The first-order chi connectivity index (χ1) is 9.88. The molecule has 0 radical (unpaired) electrons. The molecule has 120 valence electrons. The van der Waals surface area contributed by atoms with Crippen LogP contribution in [0.5, 0.6) is 5.75 Å². The fourth-order valence-corrected chi connectivity index (χ4v) is 3.93. The SMILES string of the molecule is CCOc1ccc(C(CS(=O)(=O)CCC(C)C)NC)cc1. The van der Waals surface area contributed by atoms with Gasteiger partial charge in [-0.3, -0.25) is 0 Å². The fraction of sp³-hybridized carbons (Fsp3) is 0.625. The molecule has 0 saturated heterocycles. The summed E-state index contributed by atoms with van der Waals surface area (Å²) in [7, 11) is -1.26. The standard InChI is InChI=1S/C16H27NO3S/c1-5-20-15-8-6-14(7-9-15)16(17-4)12-21(18,19)11-10-13(2)3/h6-9,13,16-17H,5,10-12H2,1-4H3. The zero-order valence-electron chi connectivity index (χ0n) is 13.4. The van der Waals surface area contributed by atoms with Gasteiger partial charge < -0.3 is 10.1 Å². The average molecular weight is 313 g/mol. The highest BCUT2D eigenvalue weighted by molar-refractivity contribution is 7.91. The third-order valence-electron chi connectivity index (χ3n) is 3.37. The Hall–Kier alpha value is -1.07. The van der Waals surface area contributed by atoms with Crippen LogP contribution in [0.3, 0.4) is 0 Å². The van der Waals surface area contributed by atoms with Crippen molar-refractivity contribution in [2.45, 2.75) is 33.2 Å². The molecular weight excluding hydrogens is 286 g/mol. The van der Waals surface area contributed by atoms with Gasteiger partial charge in [-0.1, -0.05) is 26.0 Å². The van der Waals surface area contributed by atoms with Crippen LogP contribution in [0.4, 0.5) is 0 Å². The van der Waals surface area contributed by atoms with Crippen LogP contribution in [0.2, 0.25) is 0 Å². The smallest absolute Gasteiger partial charge is 0.152 e. The van der Waals surface area contributed by atoms with Crippen LogP contribution < -0.4 is 10.1 Å². The minimum absolute atomic E-state index is 0.129. The van der Waals surface area contributed by atoms with Crippen LogP contribution in [0.1, 0.15) is 38.8 Å². The molecule has 0 bridgehead atoms. The molecule has 1 N–H and O–H groups in total. The van der Waals surface area contributed by atoms with Crippen molar-refractivity contribution in [2.24, 2.45) is 5.92 Å². The predicted octanol–water partition coefficient (Wildman–Crippen LogP) is 2.81. The molecule has 21 heavy (non-hydrogen) atoms. The summed E-state index contributed by atoms with van der Waals surface area (Å²) in [6, 6.07) is 7.42. The Bertz CT molecular complexity index is 509. The van der Waals surface area contributed by atoms with Crippen LogP contribution in [0.25, 0.3) is 0 Å². The molecule has 0 fully saturated rings. The summed E-state index contributed by atoms with van der Waals surface area (Å²) in [5, 5.41) is 3.09. The minimum Gasteiger partial charge on any atom is -0.494 e. The first kappa shape index (κ1) is 18.0. The number of benzene rings is 1. The Morgan fingerprint density at radius 2 is 1.81 bits per heavy atom. The van der Waals surface area contributed by atoms with E-state index in [2.05, 4.69) is 5.32 Å². The van der Waals surface area contributed by atoms with E-state index in [4.69, 9.17) is 4.74 Å². The van der Waals surface area contributed by atoms with Gasteiger partial charge in [-0.2, -0.15) is 0 Å². The largest absolute Gasteiger partial charge is 0.494 e. The topological polar surface area (TPSA) is 55.4 Å². The van der Waals surface area contributed by atoms with Crippen LogP contribution >= 0.6 is 0 Å². The van der Waals surface area contributed by atoms with E-state index in [0.29, 0.717) is 18.9 Å². The van der Waals surface area contributed by atoms with E-state index >= 15 is 0 Å². The zero-order valence-corrected chi connectivity index (χ0v) is 14.2. The Balaban J connectivity index is 2.73. The summed E-state index contributed by atoms with van der Waals surface area (Å²) in [6.45, 7) is 6.64. The Morgan fingerprint density at radius 1 is 1.19 bits per heavy atom. The van der Waals surface area contributed by atoms with E-state index < -0.39 is 9.84 Å². The molecule has 0 spiro atoms. The Morgan fingerprint density at radius 3 is 2.29 bits per heavy atom. The Labute approximate surface area is 128 Å². The molecule has 0 aliphatic carbocycles. The monoisotopic (exact) mass is 313 g/mol. The van der Waals surface area contributed by atoms with Gasteiger partial charge in [0.05, 0.1) is 18.1 Å². The van der Waals surface area contributed by atoms with Crippen molar-refractivity contribution in [2.75, 3.05) is 25.2 Å². The summed E-state index contributed by atoms with van der Waals surface area (Å²) >= 11 is 0. The number of ether oxygens (including phenoxy) is 1. The van der Waals surface area contributed by atoms with Gasteiger partial charge in [0.2, 0.25) is 0 Å². The summed E-state index contributed by atoms with van der Waals surface area (Å²) in [5.41, 5.74) is 0.967. The van der Waals surface area contributed by atoms with E-state index in [1.165, 1.54) is 0 Å². The highest BCUT2D eigenvalue weighted by Crippen LogP contribution is 2.20. The fourth-order valence-electron chi connectivity index (χ4n) is 2.06. The number of nitrogens with one attached hydrogen (secondary N) is 1. The lowest BCUT2D eigenvalue weighted by atomic mass is 10.1. The first-order valence-electron chi connectivity index (χ1n) is 7.48. The van der Waals surface area contributed by atoms with Crippen molar-refractivity contribution < 1.29 is 13.2 Å². The van der Waals surface area contributed by atoms with Crippen molar-refractivity contribution in [1.29, 1.82) is 0 Å². The molecule has 1 aromatic rings. The van der Waals surface area contributed by atoms with Crippen molar-refractivity contribution >= 4 is 9.84 Å². The van der Waals surface area contributed by atoms with Gasteiger partial charge in [0.15, 0.2) is 9.84 Å². The van der Waals surface area contributed by atoms with Gasteiger partial charge >= 0.3 is 0 Å². The van der Waals surface area contributed by atoms with E-state index in [0.717, 1.165) is 11.3 Å². The van der Waals surface area contributed by atoms with Gasteiger partial charge in [0, 0.05) is 6.04 Å². The van der Waals surface area contributed by atoms with E-state index in [1.807, 2.05) is 45.0 Å². The van der Waals surface area contributed by atoms with Crippen LogP contribution in [0, 0.1) is 5.92 Å². The lowest BCUT2D eigenvalue weighted by Gasteiger charge is -2.17. The van der Waals surface area contributed by atoms with Gasteiger partial charge in [-0.25, -0.2) is 8.42 Å². The van der Waals surface area contributed by atoms with Crippen molar-refractivity contribution in [3.63, 3.8) is 0 Å². The molecule has 0 saturated carbocycles. The molecule has 0 aromatic heterocycles. The molecule has 1 rings (SSSR count). The molecule has 0 amide bonds.